The summed E-state index contributed by atoms with van der Waals surface area (Å²) in [6.45, 7) is 1.28. The first-order chi connectivity index (χ1) is 8.43. The Morgan fingerprint density at radius 1 is 1.00 bits per heavy atom. The van der Waals surface area contributed by atoms with Crippen molar-refractivity contribution in [3.05, 3.63) is 46.2 Å². The standard InChI is InChI=1S/C14H12O2S/c1-2-4-11(5-3-1)6-7-13-14-12(10-17-13)15-8-9-16-14/h1-7,10H,8-9H2. The smallest absolute Gasteiger partial charge is 0.179 e. The van der Waals surface area contributed by atoms with E-state index in [2.05, 4.69) is 24.3 Å². The van der Waals surface area contributed by atoms with Gasteiger partial charge in [0.2, 0.25) is 0 Å². The minimum absolute atomic E-state index is 0.635. The van der Waals surface area contributed by atoms with E-state index in [9.17, 15) is 0 Å². The van der Waals surface area contributed by atoms with Crippen LogP contribution in [-0.2, 0) is 0 Å². The van der Waals surface area contributed by atoms with Gasteiger partial charge in [-0.3, -0.25) is 0 Å². The summed E-state index contributed by atoms with van der Waals surface area (Å²) >= 11 is 1.65. The van der Waals surface area contributed by atoms with E-state index >= 15 is 0 Å². The zero-order valence-corrected chi connectivity index (χ0v) is 10.1. The highest BCUT2D eigenvalue weighted by atomic mass is 32.1. The normalized spacial score (nSPS) is 14.1. The lowest BCUT2D eigenvalue weighted by atomic mass is 10.2. The van der Waals surface area contributed by atoms with Crippen LogP contribution in [-0.4, -0.2) is 13.2 Å². The molecule has 0 spiro atoms. The maximum Gasteiger partial charge on any atom is 0.179 e. The fourth-order valence-corrected chi connectivity index (χ4v) is 2.56. The highest BCUT2D eigenvalue weighted by Crippen LogP contribution is 2.40. The minimum atomic E-state index is 0.635. The second-order valence-electron chi connectivity index (χ2n) is 3.73. The Morgan fingerprint density at radius 3 is 2.71 bits per heavy atom. The highest BCUT2D eigenvalue weighted by molar-refractivity contribution is 7.11. The van der Waals surface area contributed by atoms with Gasteiger partial charge >= 0.3 is 0 Å². The van der Waals surface area contributed by atoms with Crippen LogP contribution in [0, 0.1) is 0 Å². The molecular weight excluding hydrogens is 232 g/mol. The zero-order valence-electron chi connectivity index (χ0n) is 9.26. The minimum Gasteiger partial charge on any atom is -0.485 e. The molecule has 1 aliphatic rings. The molecule has 0 saturated heterocycles. The van der Waals surface area contributed by atoms with Crippen LogP contribution in [0.2, 0.25) is 0 Å². The van der Waals surface area contributed by atoms with Crippen molar-refractivity contribution in [2.24, 2.45) is 0 Å². The molecule has 2 nitrogen and oxygen atoms in total. The van der Waals surface area contributed by atoms with Gasteiger partial charge in [0, 0.05) is 5.38 Å². The number of hydrogen-bond acceptors (Lipinski definition) is 3. The third-order valence-corrected chi connectivity index (χ3v) is 3.46. The molecule has 0 bridgehead atoms. The topological polar surface area (TPSA) is 18.5 Å². The second kappa shape index (κ2) is 4.63. The van der Waals surface area contributed by atoms with Crippen molar-refractivity contribution in [3.63, 3.8) is 0 Å². The molecule has 1 aliphatic heterocycles. The van der Waals surface area contributed by atoms with Crippen molar-refractivity contribution in [2.45, 2.75) is 0 Å². The van der Waals surface area contributed by atoms with Gasteiger partial charge in [-0.15, -0.1) is 11.3 Å². The third kappa shape index (κ3) is 2.19. The molecule has 86 valence electrons. The predicted octanol–water partition coefficient (Wildman–Crippen LogP) is 3.69. The molecule has 17 heavy (non-hydrogen) atoms. The maximum absolute atomic E-state index is 5.62. The van der Waals surface area contributed by atoms with E-state index in [1.54, 1.807) is 11.3 Å². The number of thiophene rings is 1. The molecule has 2 aromatic rings. The summed E-state index contributed by atoms with van der Waals surface area (Å²) in [4.78, 5) is 1.11. The first-order valence-corrected chi connectivity index (χ1v) is 6.42. The Hall–Kier alpha value is -1.74. The highest BCUT2D eigenvalue weighted by Gasteiger charge is 2.16. The van der Waals surface area contributed by atoms with E-state index in [1.807, 2.05) is 23.6 Å². The van der Waals surface area contributed by atoms with E-state index in [1.165, 1.54) is 5.56 Å². The SMILES string of the molecule is C(=Cc1scc2c1OCCO2)c1ccccc1. The fourth-order valence-electron chi connectivity index (χ4n) is 1.73. The lowest BCUT2D eigenvalue weighted by Gasteiger charge is -2.15. The lowest BCUT2D eigenvalue weighted by Crippen LogP contribution is -2.14. The molecule has 3 heteroatoms. The van der Waals surface area contributed by atoms with Crippen molar-refractivity contribution in [3.8, 4) is 11.5 Å². The average Bonchev–Trinajstić information content (AvgIpc) is 2.81. The molecule has 3 rings (SSSR count). The van der Waals surface area contributed by atoms with Gasteiger partial charge in [0.25, 0.3) is 0 Å². The first kappa shape index (κ1) is 10.4. The maximum atomic E-state index is 5.62. The van der Waals surface area contributed by atoms with Crippen molar-refractivity contribution in [1.82, 2.24) is 0 Å². The van der Waals surface area contributed by atoms with E-state index in [-0.39, 0.29) is 0 Å². The summed E-state index contributed by atoms with van der Waals surface area (Å²) in [5.74, 6) is 1.75. The van der Waals surface area contributed by atoms with E-state index < -0.39 is 0 Å². The van der Waals surface area contributed by atoms with Gasteiger partial charge in [-0.05, 0) is 11.6 Å². The van der Waals surface area contributed by atoms with Gasteiger partial charge in [0.15, 0.2) is 11.5 Å². The quantitative estimate of drug-likeness (QED) is 0.802. The number of ether oxygens (including phenoxy) is 2. The largest absolute Gasteiger partial charge is 0.485 e. The number of hydrogen-bond donors (Lipinski definition) is 0. The summed E-state index contributed by atoms with van der Waals surface area (Å²) in [7, 11) is 0. The van der Waals surface area contributed by atoms with Gasteiger partial charge in [0.1, 0.15) is 13.2 Å². The van der Waals surface area contributed by atoms with Crippen molar-refractivity contribution >= 4 is 23.5 Å². The van der Waals surface area contributed by atoms with Gasteiger partial charge in [0.05, 0.1) is 4.88 Å². The molecule has 0 radical (unpaired) electrons. The number of fused-ring (bicyclic) bond motifs is 1. The molecular formula is C14H12O2S. The summed E-state index contributed by atoms with van der Waals surface area (Å²) in [6, 6.07) is 10.2. The van der Waals surface area contributed by atoms with Gasteiger partial charge in [-0.1, -0.05) is 36.4 Å². The molecule has 1 aromatic carbocycles. The molecule has 1 aromatic heterocycles. The molecule has 0 aliphatic carbocycles. The molecule has 0 unspecified atom stereocenters. The molecule has 0 N–H and O–H groups in total. The van der Waals surface area contributed by atoms with Crippen molar-refractivity contribution < 1.29 is 9.47 Å². The van der Waals surface area contributed by atoms with E-state index in [4.69, 9.17) is 9.47 Å². The van der Waals surface area contributed by atoms with Crippen LogP contribution in [0.25, 0.3) is 12.2 Å². The Morgan fingerprint density at radius 2 is 1.82 bits per heavy atom. The Balaban J connectivity index is 1.86. The number of rotatable bonds is 2. The van der Waals surface area contributed by atoms with Gasteiger partial charge < -0.3 is 9.47 Å². The first-order valence-electron chi connectivity index (χ1n) is 5.54. The van der Waals surface area contributed by atoms with Crippen LogP contribution in [0.1, 0.15) is 10.4 Å². The Kier molecular flexibility index (Phi) is 2.84. The average molecular weight is 244 g/mol. The van der Waals surface area contributed by atoms with E-state index in [0.717, 1.165) is 16.4 Å². The Labute approximate surface area is 104 Å². The van der Waals surface area contributed by atoms with Crippen LogP contribution in [0.15, 0.2) is 35.7 Å². The fraction of sp³-hybridized carbons (Fsp3) is 0.143. The summed E-state index contributed by atoms with van der Waals surface area (Å²) in [6.07, 6.45) is 4.16. The van der Waals surface area contributed by atoms with Crippen molar-refractivity contribution in [2.75, 3.05) is 13.2 Å². The second-order valence-corrected chi connectivity index (χ2v) is 4.65. The molecule has 2 heterocycles. The number of benzene rings is 1. The van der Waals surface area contributed by atoms with E-state index in [0.29, 0.717) is 13.2 Å². The lowest BCUT2D eigenvalue weighted by molar-refractivity contribution is 0.173. The van der Waals surface area contributed by atoms with Crippen molar-refractivity contribution in [1.29, 1.82) is 0 Å². The molecule has 0 saturated carbocycles. The van der Waals surface area contributed by atoms with Gasteiger partial charge in [-0.25, -0.2) is 0 Å². The van der Waals surface area contributed by atoms with Crippen LogP contribution in [0.3, 0.4) is 0 Å². The summed E-state index contributed by atoms with van der Waals surface area (Å²) < 4.78 is 11.1. The summed E-state index contributed by atoms with van der Waals surface area (Å²) in [5, 5.41) is 2.00. The van der Waals surface area contributed by atoms with Gasteiger partial charge in [-0.2, -0.15) is 0 Å². The molecule has 0 atom stereocenters. The Bertz CT molecular complexity index is 528. The molecule has 0 amide bonds. The third-order valence-electron chi connectivity index (χ3n) is 2.55. The monoisotopic (exact) mass is 244 g/mol. The molecule has 0 fully saturated rings. The summed E-state index contributed by atoms with van der Waals surface area (Å²) in [5.41, 5.74) is 1.19. The predicted molar refractivity (Wildman–Crippen MR) is 70.7 cm³/mol. The van der Waals surface area contributed by atoms with Crippen LogP contribution >= 0.6 is 11.3 Å². The van der Waals surface area contributed by atoms with Crippen LogP contribution < -0.4 is 9.47 Å². The van der Waals surface area contributed by atoms with Crippen LogP contribution in [0.5, 0.6) is 11.5 Å². The van der Waals surface area contributed by atoms with Crippen LogP contribution in [0.4, 0.5) is 0 Å². The zero-order chi connectivity index (χ0) is 11.5.